The Morgan fingerprint density at radius 2 is 2.07 bits per heavy atom. The van der Waals surface area contributed by atoms with Gasteiger partial charge >= 0.3 is 5.69 Å². The molecule has 0 radical (unpaired) electrons. The van der Waals surface area contributed by atoms with Crippen molar-refractivity contribution in [3.05, 3.63) is 64.1 Å². The molecule has 7 heteroatoms. The van der Waals surface area contributed by atoms with Crippen LogP contribution in [0.3, 0.4) is 0 Å². The second-order valence-corrected chi connectivity index (χ2v) is 7.64. The van der Waals surface area contributed by atoms with E-state index in [4.69, 9.17) is 0 Å². The number of aromatic nitrogens is 4. The maximum atomic E-state index is 12.4. The zero-order chi connectivity index (χ0) is 19.0. The zero-order valence-corrected chi connectivity index (χ0v) is 16.3. The first kappa shape index (κ1) is 17.6. The second-order valence-electron chi connectivity index (χ2n) is 6.86. The van der Waals surface area contributed by atoms with Crippen molar-refractivity contribution in [2.24, 2.45) is 0 Å². The van der Waals surface area contributed by atoms with Crippen molar-refractivity contribution < 1.29 is 0 Å². The minimum atomic E-state index is -0.231. The molecule has 1 aromatic carbocycles. The van der Waals surface area contributed by atoms with E-state index in [1.807, 2.05) is 56.3 Å². The lowest BCUT2D eigenvalue weighted by Gasteiger charge is -2.20. The summed E-state index contributed by atoms with van der Waals surface area (Å²) in [7, 11) is 4.00. The van der Waals surface area contributed by atoms with Gasteiger partial charge in [0.05, 0.1) is 22.4 Å². The molecule has 4 rings (SSSR count). The Bertz CT molecular complexity index is 1130. The summed E-state index contributed by atoms with van der Waals surface area (Å²) in [6, 6.07) is 10.2. The van der Waals surface area contributed by atoms with Crippen molar-refractivity contribution in [1.82, 2.24) is 24.0 Å². The van der Waals surface area contributed by atoms with E-state index in [2.05, 4.69) is 37.8 Å². The SMILES string of the molecule is CC(Cn1ccc(-c2ccc3c(c2)ncn3-c2ccsc2)nc1=O)N(C)C. The van der Waals surface area contributed by atoms with Gasteiger partial charge in [0.25, 0.3) is 0 Å². The van der Waals surface area contributed by atoms with Gasteiger partial charge in [-0.3, -0.25) is 9.13 Å². The molecule has 0 aliphatic heterocycles. The van der Waals surface area contributed by atoms with Crippen LogP contribution in [0.15, 0.2) is 58.4 Å². The van der Waals surface area contributed by atoms with Gasteiger partial charge in [-0.2, -0.15) is 16.3 Å². The lowest BCUT2D eigenvalue weighted by Crippen LogP contribution is -2.34. The van der Waals surface area contributed by atoms with Crippen molar-refractivity contribution in [3.63, 3.8) is 0 Å². The molecule has 0 bridgehead atoms. The monoisotopic (exact) mass is 379 g/mol. The van der Waals surface area contributed by atoms with E-state index in [0.717, 1.165) is 22.3 Å². The van der Waals surface area contributed by atoms with E-state index in [-0.39, 0.29) is 11.7 Å². The maximum absolute atomic E-state index is 12.4. The number of hydrogen-bond donors (Lipinski definition) is 0. The predicted molar refractivity (Wildman–Crippen MR) is 110 cm³/mol. The standard InChI is InChI=1S/C20H21N5OS/c1-14(23(2)3)11-24-8-6-17(22-20(24)26)15-4-5-19-18(10-15)21-13-25(19)16-7-9-27-12-16/h4-10,12-14H,11H2,1-3H3. The van der Waals surface area contributed by atoms with Crippen LogP contribution in [-0.4, -0.2) is 44.1 Å². The molecule has 4 aromatic rings. The molecule has 0 saturated carbocycles. The van der Waals surface area contributed by atoms with Gasteiger partial charge in [-0.15, -0.1) is 0 Å². The number of hydrogen-bond acceptors (Lipinski definition) is 5. The van der Waals surface area contributed by atoms with E-state index in [9.17, 15) is 4.79 Å². The fraction of sp³-hybridized carbons (Fsp3) is 0.250. The summed E-state index contributed by atoms with van der Waals surface area (Å²) in [6.45, 7) is 2.70. The van der Waals surface area contributed by atoms with Gasteiger partial charge in [-0.05, 0) is 50.7 Å². The Morgan fingerprint density at radius 1 is 1.22 bits per heavy atom. The van der Waals surface area contributed by atoms with Crippen LogP contribution < -0.4 is 5.69 Å². The Labute approximate surface area is 161 Å². The number of nitrogens with zero attached hydrogens (tertiary/aromatic N) is 5. The van der Waals surface area contributed by atoms with Crippen LogP contribution in [-0.2, 0) is 6.54 Å². The van der Waals surface area contributed by atoms with Gasteiger partial charge in [0.1, 0.15) is 6.33 Å². The van der Waals surface area contributed by atoms with Crippen LogP contribution in [0, 0.1) is 0 Å². The van der Waals surface area contributed by atoms with Crippen LogP contribution in [0.1, 0.15) is 6.92 Å². The first-order chi connectivity index (χ1) is 13.0. The molecule has 0 saturated heterocycles. The van der Waals surface area contributed by atoms with Crippen molar-refractivity contribution in [2.75, 3.05) is 14.1 Å². The van der Waals surface area contributed by atoms with Gasteiger partial charge < -0.3 is 4.90 Å². The Hall–Kier alpha value is -2.77. The maximum Gasteiger partial charge on any atom is 0.348 e. The van der Waals surface area contributed by atoms with E-state index < -0.39 is 0 Å². The Morgan fingerprint density at radius 3 is 2.78 bits per heavy atom. The van der Waals surface area contributed by atoms with Crippen LogP contribution in [0.25, 0.3) is 28.0 Å². The van der Waals surface area contributed by atoms with Gasteiger partial charge in [0, 0.05) is 29.7 Å². The molecule has 1 unspecified atom stereocenters. The first-order valence-electron chi connectivity index (χ1n) is 8.77. The third-order valence-corrected chi connectivity index (χ3v) is 5.51. The fourth-order valence-electron chi connectivity index (χ4n) is 2.95. The topological polar surface area (TPSA) is 56.0 Å². The number of rotatable bonds is 5. The molecule has 3 aromatic heterocycles. The van der Waals surface area contributed by atoms with Crippen molar-refractivity contribution in [3.8, 4) is 16.9 Å². The highest BCUT2D eigenvalue weighted by Gasteiger charge is 2.11. The Kier molecular flexibility index (Phi) is 4.63. The molecular weight excluding hydrogens is 358 g/mol. The molecule has 0 spiro atoms. The molecule has 0 amide bonds. The summed E-state index contributed by atoms with van der Waals surface area (Å²) < 4.78 is 3.71. The minimum Gasteiger partial charge on any atom is -0.305 e. The van der Waals surface area contributed by atoms with E-state index >= 15 is 0 Å². The number of imidazole rings is 1. The van der Waals surface area contributed by atoms with E-state index in [0.29, 0.717) is 12.2 Å². The molecular formula is C20H21N5OS. The molecule has 0 aliphatic carbocycles. The first-order valence-corrected chi connectivity index (χ1v) is 9.71. The van der Waals surface area contributed by atoms with Crippen LogP contribution >= 0.6 is 11.3 Å². The highest BCUT2D eigenvalue weighted by molar-refractivity contribution is 7.08. The largest absolute Gasteiger partial charge is 0.348 e. The van der Waals surface area contributed by atoms with Gasteiger partial charge in [-0.25, -0.2) is 9.78 Å². The smallest absolute Gasteiger partial charge is 0.305 e. The third kappa shape index (κ3) is 3.43. The lowest BCUT2D eigenvalue weighted by atomic mass is 10.1. The van der Waals surface area contributed by atoms with E-state index in [1.54, 1.807) is 15.9 Å². The predicted octanol–water partition coefficient (Wildman–Crippen LogP) is 3.26. The summed E-state index contributed by atoms with van der Waals surface area (Å²) in [5.41, 5.74) is 4.34. The van der Waals surface area contributed by atoms with Crippen molar-refractivity contribution in [1.29, 1.82) is 0 Å². The molecule has 0 fully saturated rings. The Balaban J connectivity index is 1.66. The number of benzene rings is 1. The molecule has 3 heterocycles. The highest BCUT2D eigenvalue weighted by atomic mass is 32.1. The highest BCUT2D eigenvalue weighted by Crippen LogP contribution is 2.24. The molecule has 0 aliphatic rings. The summed E-state index contributed by atoms with van der Waals surface area (Å²) in [6.07, 6.45) is 3.64. The summed E-state index contributed by atoms with van der Waals surface area (Å²) in [5, 5.41) is 4.14. The quantitative estimate of drug-likeness (QED) is 0.534. The summed E-state index contributed by atoms with van der Waals surface area (Å²) >= 11 is 1.66. The van der Waals surface area contributed by atoms with Gasteiger partial charge in [-0.1, -0.05) is 6.07 Å². The van der Waals surface area contributed by atoms with Gasteiger partial charge in [0.2, 0.25) is 0 Å². The lowest BCUT2D eigenvalue weighted by molar-refractivity contribution is 0.280. The molecule has 138 valence electrons. The minimum absolute atomic E-state index is 0.231. The average molecular weight is 379 g/mol. The third-order valence-electron chi connectivity index (χ3n) is 4.84. The van der Waals surface area contributed by atoms with Crippen molar-refractivity contribution in [2.45, 2.75) is 19.5 Å². The molecule has 6 nitrogen and oxygen atoms in total. The second kappa shape index (κ2) is 7.09. The van der Waals surface area contributed by atoms with Gasteiger partial charge in [0.15, 0.2) is 0 Å². The number of thiophene rings is 1. The van der Waals surface area contributed by atoms with E-state index in [1.165, 1.54) is 0 Å². The normalized spacial score (nSPS) is 12.7. The summed E-state index contributed by atoms with van der Waals surface area (Å²) in [5.74, 6) is 0. The number of fused-ring (bicyclic) bond motifs is 1. The molecule has 0 N–H and O–H groups in total. The van der Waals surface area contributed by atoms with Crippen molar-refractivity contribution >= 4 is 22.4 Å². The number of likely N-dealkylation sites (N-methyl/N-ethyl adjacent to an activating group) is 1. The summed E-state index contributed by atoms with van der Waals surface area (Å²) in [4.78, 5) is 23.3. The fourth-order valence-corrected chi connectivity index (χ4v) is 3.58. The zero-order valence-electron chi connectivity index (χ0n) is 15.5. The molecule has 1 atom stereocenters. The van der Waals surface area contributed by atoms with Crippen LogP contribution in [0.4, 0.5) is 0 Å². The van der Waals surface area contributed by atoms with Crippen LogP contribution in [0.5, 0.6) is 0 Å². The average Bonchev–Trinajstić information content (AvgIpc) is 3.31. The van der Waals surface area contributed by atoms with Crippen LogP contribution in [0.2, 0.25) is 0 Å². The molecule has 27 heavy (non-hydrogen) atoms.